The molecule has 2 aliphatic rings. The minimum Gasteiger partial charge on any atom is -0.385 e. The lowest BCUT2D eigenvalue weighted by Gasteiger charge is -2.27. The number of rotatable bonds is 5. The molecule has 0 aliphatic carbocycles. The zero-order valence-corrected chi connectivity index (χ0v) is 15.2. The third kappa shape index (κ3) is 3.04. The Morgan fingerprint density at radius 2 is 2.00 bits per heavy atom. The number of aromatic nitrogens is 1. The molecule has 0 bridgehead atoms. The van der Waals surface area contributed by atoms with Gasteiger partial charge in [-0.15, -0.1) is 0 Å². The summed E-state index contributed by atoms with van der Waals surface area (Å²) in [7, 11) is 1.58. The van der Waals surface area contributed by atoms with Gasteiger partial charge in [-0.05, 0) is 36.2 Å². The molecule has 140 valence electrons. The number of benzene rings is 1. The Morgan fingerprint density at radius 3 is 2.81 bits per heavy atom. The van der Waals surface area contributed by atoms with E-state index in [1.54, 1.807) is 30.2 Å². The van der Waals surface area contributed by atoms with Crippen molar-refractivity contribution >= 4 is 17.7 Å². The van der Waals surface area contributed by atoms with Crippen molar-refractivity contribution in [2.75, 3.05) is 26.8 Å². The summed E-state index contributed by atoms with van der Waals surface area (Å²) in [6.07, 6.45) is 3.25. The Labute approximate surface area is 156 Å². The van der Waals surface area contributed by atoms with Crippen LogP contribution in [0.3, 0.4) is 0 Å². The van der Waals surface area contributed by atoms with E-state index in [-0.39, 0.29) is 17.7 Å². The molecule has 0 fully saturated rings. The third-order valence-electron chi connectivity index (χ3n) is 5.16. The van der Waals surface area contributed by atoms with Crippen molar-refractivity contribution in [2.45, 2.75) is 19.4 Å². The van der Waals surface area contributed by atoms with Gasteiger partial charge in [0, 0.05) is 57.2 Å². The maximum Gasteiger partial charge on any atom is 0.261 e. The van der Waals surface area contributed by atoms with Gasteiger partial charge < -0.3 is 14.6 Å². The number of aromatic amines is 1. The SMILES string of the molecule is COCCCN1C(=O)c2ccc(C(=O)N3CCc4[nH]ccc4C3)cc2C1=O. The van der Waals surface area contributed by atoms with E-state index in [2.05, 4.69) is 4.98 Å². The fraction of sp³-hybridized carbons (Fsp3) is 0.350. The van der Waals surface area contributed by atoms with Crippen molar-refractivity contribution in [3.8, 4) is 0 Å². The molecule has 4 rings (SSSR count). The Hall–Kier alpha value is -2.93. The molecule has 1 aromatic carbocycles. The molecule has 2 aliphatic heterocycles. The lowest BCUT2D eigenvalue weighted by atomic mass is 10.0. The maximum atomic E-state index is 12.9. The normalized spacial score (nSPS) is 15.9. The van der Waals surface area contributed by atoms with Gasteiger partial charge in [0.15, 0.2) is 0 Å². The highest BCUT2D eigenvalue weighted by Crippen LogP contribution is 2.26. The van der Waals surface area contributed by atoms with E-state index < -0.39 is 0 Å². The highest BCUT2D eigenvalue weighted by atomic mass is 16.5. The fourth-order valence-corrected chi connectivity index (χ4v) is 3.70. The van der Waals surface area contributed by atoms with Crippen LogP contribution in [-0.4, -0.2) is 59.3 Å². The summed E-state index contributed by atoms with van der Waals surface area (Å²) >= 11 is 0. The molecule has 1 aromatic heterocycles. The van der Waals surface area contributed by atoms with E-state index in [0.29, 0.717) is 49.4 Å². The fourth-order valence-electron chi connectivity index (χ4n) is 3.70. The van der Waals surface area contributed by atoms with Crippen LogP contribution in [0.2, 0.25) is 0 Å². The standard InChI is InChI=1S/C20H21N3O4/c1-27-10-2-8-23-19(25)15-4-3-13(11-16(15)20(23)26)18(24)22-9-6-17-14(12-22)5-7-21-17/h3-5,7,11,21H,2,6,8-10,12H2,1H3. The van der Waals surface area contributed by atoms with Gasteiger partial charge in [-0.2, -0.15) is 0 Å². The molecular formula is C20H21N3O4. The molecule has 2 aromatic rings. The van der Waals surface area contributed by atoms with Crippen LogP contribution in [0.25, 0.3) is 0 Å². The highest BCUT2D eigenvalue weighted by Gasteiger charge is 2.36. The van der Waals surface area contributed by atoms with E-state index in [1.807, 2.05) is 12.3 Å². The molecule has 0 unspecified atom stereocenters. The van der Waals surface area contributed by atoms with Crippen LogP contribution >= 0.6 is 0 Å². The average Bonchev–Trinajstić information content (AvgIpc) is 3.25. The molecule has 7 nitrogen and oxygen atoms in total. The second-order valence-electron chi connectivity index (χ2n) is 6.83. The molecule has 7 heteroatoms. The Kier molecular flexibility index (Phi) is 4.53. The lowest BCUT2D eigenvalue weighted by Crippen LogP contribution is -2.35. The predicted octanol–water partition coefficient (Wildman–Crippen LogP) is 1.85. The number of nitrogens with zero attached hydrogens (tertiary/aromatic N) is 2. The molecule has 0 radical (unpaired) electrons. The topological polar surface area (TPSA) is 82.7 Å². The minimum atomic E-state index is -0.340. The second-order valence-corrected chi connectivity index (χ2v) is 6.83. The Morgan fingerprint density at radius 1 is 1.19 bits per heavy atom. The molecule has 0 spiro atoms. The van der Waals surface area contributed by atoms with Gasteiger partial charge in [0.2, 0.25) is 0 Å². The number of hydrogen-bond acceptors (Lipinski definition) is 4. The van der Waals surface area contributed by atoms with Crippen molar-refractivity contribution in [3.63, 3.8) is 0 Å². The summed E-state index contributed by atoms with van der Waals surface area (Å²) in [4.78, 5) is 44.2. The van der Waals surface area contributed by atoms with Gasteiger partial charge in [-0.3, -0.25) is 19.3 Å². The second kappa shape index (κ2) is 7.00. The lowest BCUT2D eigenvalue weighted by molar-refractivity contribution is 0.0638. The number of ether oxygens (including phenoxy) is 1. The summed E-state index contributed by atoms with van der Waals surface area (Å²) in [5.74, 6) is -0.768. The molecule has 3 amide bonds. The number of fused-ring (bicyclic) bond motifs is 2. The van der Waals surface area contributed by atoms with Crippen LogP contribution in [0.1, 0.15) is 48.8 Å². The van der Waals surface area contributed by atoms with Crippen molar-refractivity contribution in [3.05, 3.63) is 58.4 Å². The number of imide groups is 1. The van der Waals surface area contributed by atoms with Crippen molar-refractivity contribution in [2.24, 2.45) is 0 Å². The first kappa shape index (κ1) is 17.5. The van der Waals surface area contributed by atoms with Crippen LogP contribution in [-0.2, 0) is 17.7 Å². The van der Waals surface area contributed by atoms with Crippen LogP contribution < -0.4 is 0 Å². The van der Waals surface area contributed by atoms with Gasteiger partial charge in [-0.25, -0.2) is 0 Å². The first-order chi connectivity index (χ1) is 13.1. The van der Waals surface area contributed by atoms with Crippen molar-refractivity contribution in [1.82, 2.24) is 14.8 Å². The third-order valence-corrected chi connectivity index (χ3v) is 5.16. The summed E-state index contributed by atoms with van der Waals surface area (Å²) in [6, 6.07) is 6.76. The quantitative estimate of drug-likeness (QED) is 0.646. The van der Waals surface area contributed by atoms with E-state index in [4.69, 9.17) is 4.74 Å². The number of methoxy groups -OCH3 is 1. The summed E-state index contributed by atoms with van der Waals surface area (Å²) in [5, 5.41) is 0. The minimum absolute atomic E-state index is 0.122. The first-order valence-corrected chi connectivity index (χ1v) is 9.03. The highest BCUT2D eigenvalue weighted by molar-refractivity contribution is 6.22. The van der Waals surface area contributed by atoms with Crippen molar-refractivity contribution in [1.29, 1.82) is 0 Å². The summed E-state index contributed by atoms with van der Waals surface area (Å²) in [5.41, 5.74) is 3.39. The zero-order valence-electron chi connectivity index (χ0n) is 15.2. The van der Waals surface area contributed by atoms with E-state index in [9.17, 15) is 14.4 Å². The monoisotopic (exact) mass is 367 g/mol. The predicted molar refractivity (Wildman–Crippen MR) is 97.5 cm³/mol. The summed E-state index contributed by atoms with van der Waals surface area (Å²) < 4.78 is 4.98. The first-order valence-electron chi connectivity index (χ1n) is 9.03. The van der Waals surface area contributed by atoms with E-state index >= 15 is 0 Å². The van der Waals surface area contributed by atoms with Gasteiger partial charge in [0.25, 0.3) is 17.7 Å². The molecule has 0 saturated carbocycles. The van der Waals surface area contributed by atoms with Crippen LogP contribution in [0, 0.1) is 0 Å². The van der Waals surface area contributed by atoms with Gasteiger partial charge in [0.05, 0.1) is 11.1 Å². The van der Waals surface area contributed by atoms with Crippen LogP contribution in [0.4, 0.5) is 0 Å². The Bertz CT molecular complexity index is 918. The number of nitrogens with one attached hydrogen (secondary N) is 1. The number of H-pyrrole nitrogens is 1. The molecular weight excluding hydrogens is 346 g/mol. The zero-order chi connectivity index (χ0) is 19.0. The molecule has 3 heterocycles. The molecule has 1 N–H and O–H groups in total. The van der Waals surface area contributed by atoms with Gasteiger partial charge >= 0.3 is 0 Å². The van der Waals surface area contributed by atoms with Crippen LogP contribution in [0.15, 0.2) is 30.5 Å². The Balaban J connectivity index is 1.53. The van der Waals surface area contributed by atoms with Gasteiger partial charge in [-0.1, -0.05) is 0 Å². The smallest absolute Gasteiger partial charge is 0.261 e. The number of hydrogen-bond donors (Lipinski definition) is 1. The largest absolute Gasteiger partial charge is 0.385 e. The summed E-state index contributed by atoms with van der Waals surface area (Å²) in [6.45, 7) is 1.96. The number of amides is 3. The molecule has 27 heavy (non-hydrogen) atoms. The van der Waals surface area contributed by atoms with E-state index in [0.717, 1.165) is 12.0 Å². The maximum absolute atomic E-state index is 12.9. The molecule has 0 saturated heterocycles. The number of carbonyl (C=O) groups is 3. The van der Waals surface area contributed by atoms with Crippen molar-refractivity contribution < 1.29 is 19.1 Å². The van der Waals surface area contributed by atoms with Gasteiger partial charge in [0.1, 0.15) is 0 Å². The van der Waals surface area contributed by atoms with E-state index in [1.165, 1.54) is 10.6 Å². The number of carbonyl (C=O) groups excluding carboxylic acids is 3. The molecule has 0 atom stereocenters. The van der Waals surface area contributed by atoms with Crippen LogP contribution in [0.5, 0.6) is 0 Å². The average molecular weight is 367 g/mol.